The zero-order valence-corrected chi connectivity index (χ0v) is 12.9. The molecule has 1 aliphatic heterocycles. The van der Waals surface area contributed by atoms with Gasteiger partial charge in [-0.25, -0.2) is 4.79 Å². The van der Waals surface area contributed by atoms with Gasteiger partial charge in [0.1, 0.15) is 0 Å². The van der Waals surface area contributed by atoms with Crippen molar-refractivity contribution in [2.24, 2.45) is 0 Å². The van der Waals surface area contributed by atoms with Gasteiger partial charge in [-0.15, -0.1) is 0 Å². The minimum atomic E-state index is -0.866. The number of carbonyl (C=O) groups is 2. The lowest BCUT2D eigenvalue weighted by atomic mass is 10.2. The molecule has 0 saturated carbocycles. The van der Waals surface area contributed by atoms with E-state index in [1.54, 1.807) is 11.8 Å². The molecule has 0 spiro atoms. The quantitative estimate of drug-likeness (QED) is 0.861. The van der Waals surface area contributed by atoms with Gasteiger partial charge in [-0.3, -0.25) is 4.79 Å². The van der Waals surface area contributed by atoms with Crippen LogP contribution in [0.25, 0.3) is 0 Å². The fraction of sp³-hybridized carbons (Fsp3) is 0.846. The monoisotopic (exact) mass is 288 g/mol. The zero-order chi connectivity index (χ0) is 14.6. The first-order valence-corrected chi connectivity index (χ1v) is 7.84. The SMILES string of the molecule is CCN(C(=O)N1CCSC(C)C1C)C(C)CC(=O)O. The van der Waals surface area contributed by atoms with Crippen molar-refractivity contribution in [3.63, 3.8) is 0 Å². The number of hydrogen-bond donors (Lipinski definition) is 1. The predicted molar refractivity (Wildman–Crippen MR) is 77.6 cm³/mol. The minimum absolute atomic E-state index is 0.00783. The van der Waals surface area contributed by atoms with Gasteiger partial charge in [0.25, 0.3) is 0 Å². The number of urea groups is 1. The smallest absolute Gasteiger partial charge is 0.320 e. The van der Waals surface area contributed by atoms with Gasteiger partial charge in [0.2, 0.25) is 0 Å². The van der Waals surface area contributed by atoms with Gasteiger partial charge in [-0.2, -0.15) is 11.8 Å². The maximum Gasteiger partial charge on any atom is 0.320 e. The van der Waals surface area contributed by atoms with Crippen molar-refractivity contribution in [3.05, 3.63) is 0 Å². The molecule has 3 atom stereocenters. The Hall–Kier alpha value is -0.910. The van der Waals surface area contributed by atoms with Crippen LogP contribution in [0.5, 0.6) is 0 Å². The standard InChI is InChI=1S/C13H24N2O3S/c1-5-14(9(2)8-12(16)17)13(18)15-6-7-19-11(4)10(15)3/h9-11H,5-8H2,1-4H3,(H,16,17). The Morgan fingerprint density at radius 2 is 2.11 bits per heavy atom. The number of carboxylic acid groups (broad SMARTS) is 1. The van der Waals surface area contributed by atoms with Crippen molar-refractivity contribution in [2.75, 3.05) is 18.8 Å². The van der Waals surface area contributed by atoms with Crippen molar-refractivity contribution in [1.29, 1.82) is 0 Å². The summed E-state index contributed by atoms with van der Waals surface area (Å²) in [6, 6.07) is -0.111. The summed E-state index contributed by atoms with van der Waals surface area (Å²) in [7, 11) is 0. The Labute approximate surface area is 119 Å². The fourth-order valence-electron chi connectivity index (χ4n) is 2.37. The lowest BCUT2D eigenvalue weighted by Crippen LogP contribution is -2.55. The van der Waals surface area contributed by atoms with Gasteiger partial charge >= 0.3 is 12.0 Å². The number of hydrogen-bond acceptors (Lipinski definition) is 3. The molecule has 0 aromatic rings. The summed E-state index contributed by atoms with van der Waals surface area (Å²) >= 11 is 1.88. The molecule has 3 unspecified atom stereocenters. The largest absolute Gasteiger partial charge is 0.481 e. The molecule has 1 N–H and O–H groups in total. The molecule has 1 aliphatic rings. The van der Waals surface area contributed by atoms with Crippen LogP contribution in [-0.4, -0.2) is 63.1 Å². The van der Waals surface area contributed by atoms with Gasteiger partial charge in [0, 0.05) is 36.2 Å². The minimum Gasteiger partial charge on any atom is -0.481 e. The number of thioether (sulfide) groups is 1. The Balaban J connectivity index is 2.74. The van der Waals surface area contributed by atoms with E-state index >= 15 is 0 Å². The van der Waals surface area contributed by atoms with Crippen LogP contribution in [0, 0.1) is 0 Å². The molecule has 0 bridgehead atoms. The molecule has 0 aromatic heterocycles. The molecular weight excluding hydrogens is 264 g/mol. The van der Waals surface area contributed by atoms with Crippen molar-refractivity contribution in [1.82, 2.24) is 9.80 Å². The Kier molecular flexibility index (Phi) is 5.97. The summed E-state index contributed by atoms with van der Waals surface area (Å²) in [5.74, 6) is 0.0802. The molecule has 6 heteroatoms. The van der Waals surface area contributed by atoms with E-state index in [9.17, 15) is 9.59 Å². The van der Waals surface area contributed by atoms with Crippen LogP contribution in [0.3, 0.4) is 0 Å². The van der Waals surface area contributed by atoms with Crippen LogP contribution in [0.4, 0.5) is 4.79 Å². The average molecular weight is 288 g/mol. The highest BCUT2D eigenvalue weighted by atomic mass is 32.2. The lowest BCUT2D eigenvalue weighted by Gasteiger charge is -2.41. The van der Waals surface area contributed by atoms with Crippen molar-refractivity contribution < 1.29 is 14.7 Å². The van der Waals surface area contributed by atoms with Crippen LogP contribution in [-0.2, 0) is 4.79 Å². The number of carboxylic acids is 1. The third kappa shape index (κ3) is 4.03. The molecule has 19 heavy (non-hydrogen) atoms. The highest BCUT2D eigenvalue weighted by molar-refractivity contribution is 8.00. The second-order valence-corrected chi connectivity index (χ2v) is 6.51. The third-order valence-corrected chi connectivity index (χ3v) is 5.06. The highest BCUT2D eigenvalue weighted by Gasteiger charge is 2.33. The summed E-state index contributed by atoms with van der Waals surface area (Å²) in [6.07, 6.45) is -0.00783. The summed E-state index contributed by atoms with van der Waals surface area (Å²) in [4.78, 5) is 26.9. The van der Waals surface area contributed by atoms with Crippen molar-refractivity contribution >= 4 is 23.8 Å². The van der Waals surface area contributed by atoms with Crippen LogP contribution >= 0.6 is 11.8 Å². The molecule has 0 aromatic carbocycles. The first-order chi connectivity index (χ1) is 8.88. The summed E-state index contributed by atoms with van der Waals surface area (Å²) < 4.78 is 0. The second kappa shape index (κ2) is 7.03. The van der Waals surface area contributed by atoms with E-state index in [0.29, 0.717) is 11.8 Å². The average Bonchev–Trinajstić information content (AvgIpc) is 2.32. The van der Waals surface area contributed by atoms with Gasteiger partial charge in [-0.05, 0) is 20.8 Å². The molecule has 2 amide bonds. The molecule has 0 aliphatic carbocycles. The zero-order valence-electron chi connectivity index (χ0n) is 12.1. The maximum absolute atomic E-state index is 12.6. The van der Waals surface area contributed by atoms with Gasteiger partial charge in [-0.1, -0.05) is 6.92 Å². The van der Waals surface area contributed by atoms with E-state index < -0.39 is 5.97 Å². The van der Waals surface area contributed by atoms with Crippen molar-refractivity contribution in [2.45, 2.75) is 51.4 Å². The molecular formula is C13H24N2O3S. The van der Waals surface area contributed by atoms with Crippen LogP contribution < -0.4 is 0 Å². The number of amides is 2. The number of rotatable bonds is 4. The Morgan fingerprint density at radius 1 is 1.47 bits per heavy atom. The van der Waals surface area contributed by atoms with Crippen LogP contribution in [0.15, 0.2) is 0 Å². The van der Waals surface area contributed by atoms with E-state index in [4.69, 9.17) is 5.11 Å². The van der Waals surface area contributed by atoms with Crippen LogP contribution in [0.2, 0.25) is 0 Å². The number of nitrogens with zero attached hydrogens (tertiary/aromatic N) is 2. The maximum atomic E-state index is 12.6. The summed E-state index contributed by atoms with van der Waals surface area (Å²) in [6.45, 7) is 9.16. The van der Waals surface area contributed by atoms with E-state index in [-0.39, 0.29) is 24.5 Å². The van der Waals surface area contributed by atoms with E-state index in [2.05, 4.69) is 13.8 Å². The first kappa shape index (κ1) is 16.1. The second-order valence-electron chi connectivity index (χ2n) is 5.03. The van der Waals surface area contributed by atoms with Gasteiger partial charge in [0.15, 0.2) is 0 Å². The molecule has 0 radical (unpaired) electrons. The first-order valence-electron chi connectivity index (χ1n) is 6.79. The van der Waals surface area contributed by atoms with E-state index in [0.717, 1.165) is 12.3 Å². The predicted octanol–water partition coefficient (Wildman–Crippen LogP) is 2.12. The third-order valence-electron chi connectivity index (χ3n) is 3.72. The lowest BCUT2D eigenvalue weighted by molar-refractivity contribution is -0.138. The number of carbonyl (C=O) groups excluding carboxylic acids is 1. The number of aliphatic carboxylic acids is 1. The molecule has 1 fully saturated rings. The summed E-state index contributed by atoms with van der Waals surface area (Å²) in [5.41, 5.74) is 0. The fourth-order valence-corrected chi connectivity index (χ4v) is 3.47. The van der Waals surface area contributed by atoms with Crippen LogP contribution in [0.1, 0.15) is 34.1 Å². The molecule has 1 heterocycles. The van der Waals surface area contributed by atoms with Gasteiger partial charge in [0.05, 0.1) is 6.42 Å². The molecule has 1 rings (SSSR count). The topological polar surface area (TPSA) is 60.9 Å². The summed E-state index contributed by atoms with van der Waals surface area (Å²) in [5, 5.41) is 9.28. The Bertz CT molecular complexity index is 338. The van der Waals surface area contributed by atoms with Crippen molar-refractivity contribution in [3.8, 4) is 0 Å². The molecule has 5 nitrogen and oxygen atoms in total. The van der Waals surface area contributed by atoms with E-state index in [1.165, 1.54) is 0 Å². The molecule has 110 valence electrons. The highest BCUT2D eigenvalue weighted by Crippen LogP contribution is 2.25. The molecule has 1 saturated heterocycles. The Morgan fingerprint density at radius 3 is 2.63 bits per heavy atom. The van der Waals surface area contributed by atoms with Gasteiger partial charge < -0.3 is 14.9 Å². The normalized spacial score (nSPS) is 24.9. The van der Waals surface area contributed by atoms with E-state index in [1.807, 2.05) is 23.6 Å².